The average Bonchev–Trinajstić information content (AvgIpc) is 2.94. The van der Waals surface area contributed by atoms with Crippen molar-refractivity contribution < 1.29 is 19.4 Å². The molecule has 3 rings (SSSR count). The van der Waals surface area contributed by atoms with Crippen LogP contribution in [-0.2, 0) is 0 Å². The number of para-hydroxylation sites is 1. The summed E-state index contributed by atoms with van der Waals surface area (Å²) in [5, 5.41) is 13.5. The van der Waals surface area contributed by atoms with E-state index in [2.05, 4.69) is 26.5 Å². The van der Waals surface area contributed by atoms with E-state index in [4.69, 9.17) is 9.47 Å². The van der Waals surface area contributed by atoms with Crippen molar-refractivity contribution in [2.75, 3.05) is 6.79 Å². The van der Waals surface area contributed by atoms with Gasteiger partial charge in [-0.15, -0.1) is 0 Å². The van der Waals surface area contributed by atoms with Gasteiger partial charge in [-0.1, -0.05) is 12.1 Å². The number of amides is 1. The molecule has 0 bridgehead atoms. The van der Waals surface area contributed by atoms with Crippen LogP contribution in [-0.4, -0.2) is 24.0 Å². The van der Waals surface area contributed by atoms with E-state index in [0.29, 0.717) is 11.5 Å². The van der Waals surface area contributed by atoms with Gasteiger partial charge >= 0.3 is 0 Å². The molecule has 1 aliphatic rings. The Hall–Kier alpha value is -2.54. The van der Waals surface area contributed by atoms with Gasteiger partial charge in [0.2, 0.25) is 6.79 Å². The van der Waals surface area contributed by atoms with Crippen LogP contribution in [0.1, 0.15) is 15.9 Å². The second kappa shape index (κ2) is 6.07. The SMILES string of the molecule is O=C(NN=Cc1cc2c(cc1Br)OCO2)c1ccccc1O. The first-order valence-corrected chi connectivity index (χ1v) is 7.15. The second-order valence-corrected chi connectivity index (χ2v) is 5.30. The Labute approximate surface area is 134 Å². The fraction of sp³-hybridized carbons (Fsp3) is 0.0667. The van der Waals surface area contributed by atoms with Crippen molar-refractivity contribution in [3.8, 4) is 17.2 Å². The minimum absolute atomic E-state index is 0.0977. The molecular formula is C15H11BrN2O4. The Morgan fingerprint density at radius 3 is 2.77 bits per heavy atom. The van der Waals surface area contributed by atoms with E-state index in [-0.39, 0.29) is 18.1 Å². The number of phenolic OH excluding ortho intramolecular Hbond substituents is 1. The van der Waals surface area contributed by atoms with Crippen LogP contribution in [0.4, 0.5) is 0 Å². The molecule has 6 nitrogen and oxygen atoms in total. The van der Waals surface area contributed by atoms with Gasteiger partial charge in [-0.2, -0.15) is 5.10 Å². The molecule has 0 radical (unpaired) electrons. The van der Waals surface area contributed by atoms with Gasteiger partial charge in [-0.25, -0.2) is 5.43 Å². The van der Waals surface area contributed by atoms with Gasteiger partial charge < -0.3 is 14.6 Å². The fourth-order valence-corrected chi connectivity index (χ4v) is 2.34. The summed E-state index contributed by atoms with van der Waals surface area (Å²) < 4.78 is 11.3. The summed E-state index contributed by atoms with van der Waals surface area (Å²) >= 11 is 3.39. The number of benzene rings is 2. The fourth-order valence-electron chi connectivity index (χ4n) is 1.92. The van der Waals surface area contributed by atoms with Crippen molar-refractivity contribution >= 4 is 28.1 Å². The first kappa shape index (κ1) is 14.4. The minimum atomic E-state index is -0.494. The lowest BCUT2D eigenvalue weighted by molar-refractivity contribution is 0.0952. The Morgan fingerprint density at radius 2 is 2.00 bits per heavy atom. The van der Waals surface area contributed by atoms with E-state index in [1.807, 2.05) is 0 Å². The number of aromatic hydroxyl groups is 1. The van der Waals surface area contributed by atoms with Crippen LogP contribution in [0.5, 0.6) is 17.2 Å². The molecule has 7 heteroatoms. The van der Waals surface area contributed by atoms with Crippen LogP contribution in [0.3, 0.4) is 0 Å². The maximum atomic E-state index is 11.9. The van der Waals surface area contributed by atoms with Gasteiger partial charge in [0.25, 0.3) is 5.91 Å². The number of halogens is 1. The van der Waals surface area contributed by atoms with Crippen molar-refractivity contribution in [3.63, 3.8) is 0 Å². The first-order valence-electron chi connectivity index (χ1n) is 6.35. The molecule has 1 amide bonds. The maximum Gasteiger partial charge on any atom is 0.275 e. The van der Waals surface area contributed by atoms with Gasteiger partial charge in [-0.3, -0.25) is 4.79 Å². The largest absolute Gasteiger partial charge is 0.507 e. The highest BCUT2D eigenvalue weighted by molar-refractivity contribution is 9.10. The summed E-state index contributed by atoms with van der Waals surface area (Å²) in [6.45, 7) is 0.187. The van der Waals surface area contributed by atoms with E-state index >= 15 is 0 Å². The van der Waals surface area contributed by atoms with E-state index in [1.165, 1.54) is 18.3 Å². The average molecular weight is 363 g/mol. The highest BCUT2D eigenvalue weighted by Crippen LogP contribution is 2.36. The lowest BCUT2D eigenvalue weighted by Crippen LogP contribution is -2.17. The molecule has 22 heavy (non-hydrogen) atoms. The molecule has 2 aromatic rings. The van der Waals surface area contributed by atoms with Crippen LogP contribution in [0.15, 0.2) is 46.0 Å². The number of phenols is 1. The number of fused-ring (bicyclic) bond motifs is 1. The number of hydrogen-bond donors (Lipinski definition) is 2. The van der Waals surface area contributed by atoms with Gasteiger partial charge in [0.05, 0.1) is 11.8 Å². The molecule has 0 atom stereocenters. The van der Waals surface area contributed by atoms with Crippen molar-refractivity contribution in [1.82, 2.24) is 5.43 Å². The smallest absolute Gasteiger partial charge is 0.275 e. The number of carbonyl (C=O) groups is 1. The number of nitrogens with zero attached hydrogens (tertiary/aromatic N) is 1. The van der Waals surface area contributed by atoms with Gasteiger partial charge in [0.15, 0.2) is 11.5 Å². The number of carbonyl (C=O) groups excluding carboxylic acids is 1. The van der Waals surface area contributed by atoms with E-state index in [1.54, 1.807) is 24.3 Å². The van der Waals surface area contributed by atoms with Crippen LogP contribution in [0, 0.1) is 0 Å². The topological polar surface area (TPSA) is 80.2 Å². The van der Waals surface area contributed by atoms with E-state index in [9.17, 15) is 9.90 Å². The van der Waals surface area contributed by atoms with Crippen molar-refractivity contribution in [2.24, 2.45) is 5.10 Å². The first-order chi connectivity index (χ1) is 10.6. The summed E-state index contributed by atoms with van der Waals surface area (Å²) in [4.78, 5) is 11.9. The number of rotatable bonds is 3. The molecule has 2 N–H and O–H groups in total. The maximum absolute atomic E-state index is 11.9. The third-order valence-electron chi connectivity index (χ3n) is 3.01. The Balaban J connectivity index is 1.73. The van der Waals surface area contributed by atoms with Crippen LogP contribution in [0.25, 0.3) is 0 Å². The third-order valence-corrected chi connectivity index (χ3v) is 3.70. The third kappa shape index (κ3) is 2.89. The zero-order chi connectivity index (χ0) is 15.5. The quantitative estimate of drug-likeness (QED) is 0.649. The predicted molar refractivity (Wildman–Crippen MR) is 83.4 cm³/mol. The Morgan fingerprint density at radius 1 is 1.27 bits per heavy atom. The van der Waals surface area contributed by atoms with E-state index in [0.717, 1.165) is 10.0 Å². The molecule has 0 spiro atoms. The molecule has 0 saturated heterocycles. The zero-order valence-electron chi connectivity index (χ0n) is 11.2. The Bertz CT molecular complexity index is 761. The molecule has 0 unspecified atom stereocenters. The molecule has 0 fully saturated rings. The van der Waals surface area contributed by atoms with Crippen molar-refractivity contribution in [2.45, 2.75) is 0 Å². The summed E-state index contributed by atoms with van der Waals surface area (Å²) in [6, 6.07) is 9.77. The lowest BCUT2D eigenvalue weighted by atomic mass is 10.2. The summed E-state index contributed by atoms with van der Waals surface area (Å²) in [5.74, 6) is 0.685. The highest BCUT2D eigenvalue weighted by Gasteiger charge is 2.15. The van der Waals surface area contributed by atoms with Crippen molar-refractivity contribution in [3.05, 3.63) is 52.0 Å². The van der Waals surface area contributed by atoms with Crippen LogP contribution >= 0.6 is 15.9 Å². The molecular weight excluding hydrogens is 352 g/mol. The molecule has 112 valence electrons. The summed E-state index contributed by atoms with van der Waals surface area (Å²) in [7, 11) is 0. The molecule has 1 aliphatic heterocycles. The molecule has 1 heterocycles. The van der Waals surface area contributed by atoms with Crippen molar-refractivity contribution in [1.29, 1.82) is 0 Å². The molecule has 0 aliphatic carbocycles. The van der Waals surface area contributed by atoms with Crippen LogP contribution < -0.4 is 14.9 Å². The number of ether oxygens (including phenoxy) is 2. The summed E-state index contributed by atoms with van der Waals surface area (Å²) in [5.41, 5.74) is 3.24. The lowest BCUT2D eigenvalue weighted by Gasteiger charge is -2.03. The highest BCUT2D eigenvalue weighted by atomic mass is 79.9. The van der Waals surface area contributed by atoms with Gasteiger partial charge in [0, 0.05) is 10.0 Å². The predicted octanol–water partition coefficient (Wildman–Crippen LogP) is 2.65. The number of hydrazone groups is 1. The number of hydrogen-bond acceptors (Lipinski definition) is 5. The van der Waals surface area contributed by atoms with E-state index < -0.39 is 5.91 Å². The molecule has 0 aromatic heterocycles. The van der Waals surface area contributed by atoms with Gasteiger partial charge in [0.1, 0.15) is 5.75 Å². The zero-order valence-corrected chi connectivity index (χ0v) is 12.8. The summed E-state index contributed by atoms with van der Waals surface area (Å²) in [6.07, 6.45) is 1.48. The molecule has 2 aromatic carbocycles. The second-order valence-electron chi connectivity index (χ2n) is 4.44. The minimum Gasteiger partial charge on any atom is -0.507 e. The normalized spacial score (nSPS) is 12.6. The van der Waals surface area contributed by atoms with Crippen LogP contribution in [0.2, 0.25) is 0 Å². The Kier molecular flexibility index (Phi) is 3.97. The standard InChI is InChI=1S/C15H11BrN2O4/c16-11-6-14-13(21-8-22-14)5-9(11)7-17-18-15(20)10-3-1-2-4-12(10)19/h1-7,19H,8H2,(H,18,20). The van der Waals surface area contributed by atoms with Gasteiger partial charge in [-0.05, 0) is 40.2 Å². The molecule has 0 saturated carbocycles. The monoisotopic (exact) mass is 362 g/mol. The number of nitrogens with one attached hydrogen (secondary N) is 1.